The van der Waals surface area contributed by atoms with Gasteiger partial charge in [0.05, 0.1) is 29.6 Å². The van der Waals surface area contributed by atoms with Crippen LogP contribution in [0.15, 0.2) is 64.2 Å². The highest BCUT2D eigenvalue weighted by Crippen LogP contribution is 2.35. The molecule has 5 nitrogen and oxygen atoms in total. The smallest absolute Gasteiger partial charge is 0.340 e. The number of aryl methyl sites for hydroxylation is 2. The first-order valence-corrected chi connectivity index (χ1v) is 10.2. The van der Waals surface area contributed by atoms with Crippen LogP contribution in [0.2, 0.25) is 0 Å². The maximum atomic E-state index is 12.8. The number of oxazole rings is 1. The second kappa shape index (κ2) is 8.09. The van der Waals surface area contributed by atoms with E-state index in [2.05, 4.69) is 4.98 Å². The molecule has 2 heterocycles. The molecule has 0 aliphatic heterocycles. The minimum Gasteiger partial charge on any atom is -0.465 e. The van der Waals surface area contributed by atoms with Crippen molar-refractivity contribution in [3.8, 4) is 11.1 Å². The average molecular weight is 404 g/mol. The van der Waals surface area contributed by atoms with E-state index in [9.17, 15) is 4.79 Å². The first kappa shape index (κ1) is 19.2. The topological polar surface area (TPSA) is 65.2 Å². The Balaban J connectivity index is 1.90. The number of aromatic nitrogens is 2. The summed E-state index contributed by atoms with van der Waals surface area (Å²) in [5.41, 5.74) is 4.59. The maximum Gasteiger partial charge on any atom is 0.340 e. The molecule has 29 heavy (non-hydrogen) atoms. The number of hydrogen-bond donors (Lipinski definition) is 0. The van der Waals surface area contributed by atoms with Gasteiger partial charge in [-0.05, 0) is 25.5 Å². The van der Waals surface area contributed by atoms with Gasteiger partial charge < -0.3 is 9.15 Å². The molecule has 2 aromatic heterocycles. The number of hydrogen-bond acceptors (Lipinski definition) is 6. The van der Waals surface area contributed by atoms with E-state index in [1.165, 1.54) is 18.9 Å². The summed E-state index contributed by atoms with van der Waals surface area (Å²) >= 11 is 1.41. The van der Waals surface area contributed by atoms with Crippen LogP contribution in [0.5, 0.6) is 0 Å². The van der Waals surface area contributed by atoms with Crippen LogP contribution in [0.1, 0.15) is 27.5 Å². The predicted molar refractivity (Wildman–Crippen MR) is 114 cm³/mol. The van der Waals surface area contributed by atoms with Gasteiger partial charge in [-0.2, -0.15) is 0 Å². The molecule has 0 radical (unpaired) electrons. The number of carbonyl (C=O) groups excluding carboxylic acids is 1. The molecule has 0 amide bonds. The third kappa shape index (κ3) is 3.76. The number of thioether (sulfide) groups is 1. The lowest BCUT2D eigenvalue weighted by atomic mass is 9.94. The fourth-order valence-electron chi connectivity index (χ4n) is 3.23. The zero-order chi connectivity index (χ0) is 20.4. The monoisotopic (exact) mass is 404 g/mol. The van der Waals surface area contributed by atoms with Gasteiger partial charge in [-0.25, -0.2) is 9.78 Å². The van der Waals surface area contributed by atoms with Crippen LogP contribution in [0, 0.1) is 13.8 Å². The van der Waals surface area contributed by atoms with Crippen LogP contribution in [0.3, 0.4) is 0 Å². The SMILES string of the molecule is COC(=O)c1c(CSc2nc(C)c(C)o2)nc2ccccc2c1-c1ccccc1. The van der Waals surface area contributed by atoms with Crippen LogP contribution in [0.4, 0.5) is 0 Å². The number of fused-ring (bicyclic) bond motifs is 1. The molecule has 6 heteroatoms. The van der Waals surface area contributed by atoms with E-state index in [-0.39, 0.29) is 0 Å². The van der Waals surface area contributed by atoms with E-state index in [0.717, 1.165) is 33.5 Å². The van der Waals surface area contributed by atoms with Crippen molar-refractivity contribution < 1.29 is 13.9 Å². The van der Waals surface area contributed by atoms with Gasteiger partial charge in [0.2, 0.25) is 0 Å². The average Bonchev–Trinajstić information content (AvgIpc) is 3.08. The van der Waals surface area contributed by atoms with E-state index in [0.29, 0.717) is 22.2 Å². The number of benzene rings is 2. The summed E-state index contributed by atoms with van der Waals surface area (Å²) in [5, 5.41) is 1.47. The Morgan fingerprint density at radius 3 is 2.45 bits per heavy atom. The van der Waals surface area contributed by atoms with Gasteiger partial charge in [-0.3, -0.25) is 4.98 Å². The highest BCUT2D eigenvalue weighted by Gasteiger charge is 2.23. The zero-order valence-corrected chi connectivity index (χ0v) is 17.2. The molecule has 4 rings (SSSR count). The molecule has 0 fully saturated rings. The van der Waals surface area contributed by atoms with Gasteiger partial charge in [0.25, 0.3) is 5.22 Å². The molecule has 0 aliphatic carbocycles. The fourth-order valence-corrected chi connectivity index (χ4v) is 4.08. The largest absolute Gasteiger partial charge is 0.465 e. The molecule has 0 saturated heterocycles. The molecule has 146 valence electrons. The molecule has 0 saturated carbocycles. The second-order valence-electron chi connectivity index (χ2n) is 6.59. The number of nitrogens with zero attached hydrogens (tertiary/aromatic N) is 2. The van der Waals surface area contributed by atoms with E-state index in [4.69, 9.17) is 14.1 Å². The lowest BCUT2D eigenvalue weighted by Gasteiger charge is -2.15. The summed E-state index contributed by atoms with van der Waals surface area (Å²) in [4.78, 5) is 22.0. The Morgan fingerprint density at radius 1 is 1.03 bits per heavy atom. The molecular weight excluding hydrogens is 384 g/mol. The summed E-state index contributed by atoms with van der Waals surface area (Å²) < 4.78 is 10.8. The van der Waals surface area contributed by atoms with E-state index < -0.39 is 5.97 Å². The molecule has 0 bridgehead atoms. The highest BCUT2D eigenvalue weighted by molar-refractivity contribution is 7.98. The van der Waals surface area contributed by atoms with Crippen LogP contribution in [0.25, 0.3) is 22.0 Å². The molecule has 0 unspecified atom stereocenters. The Kier molecular flexibility index (Phi) is 5.36. The minimum atomic E-state index is -0.405. The quantitative estimate of drug-likeness (QED) is 0.319. The van der Waals surface area contributed by atoms with E-state index >= 15 is 0 Å². The van der Waals surface area contributed by atoms with Gasteiger partial charge in [0, 0.05) is 16.7 Å². The van der Waals surface area contributed by atoms with Gasteiger partial charge >= 0.3 is 5.97 Å². The number of ether oxygens (including phenoxy) is 1. The lowest BCUT2D eigenvalue weighted by molar-refractivity contribution is 0.0600. The summed E-state index contributed by atoms with van der Waals surface area (Å²) in [6.45, 7) is 3.79. The van der Waals surface area contributed by atoms with Crippen molar-refractivity contribution >= 4 is 28.6 Å². The summed E-state index contributed by atoms with van der Waals surface area (Å²) in [5.74, 6) is 0.823. The summed E-state index contributed by atoms with van der Waals surface area (Å²) in [6.07, 6.45) is 0. The standard InChI is InChI=1S/C23H20N2O3S/c1-14-15(2)28-23(24-14)29-13-19-21(22(26)27-3)20(16-9-5-4-6-10-16)17-11-7-8-12-18(17)25-19/h4-12H,13H2,1-3H3. The van der Waals surface area contributed by atoms with Gasteiger partial charge in [0.1, 0.15) is 5.76 Å². The van der Waals surface area contributed by atoms with Crippen molar-refractivity contribution in [2.45, 2.75) is 24.8 Å². The molecule has 2 aromatic carbocycles. The van der Waals surface area contributed by atoms with Crippen molar-refractivity contribution in [2.24, 2.45) is 0 Å². The van der Waals surface area contributed by atoms with Gasteiger partial charge in [0.15, 0.2) is 0 Å². The number of para-hydroxylation sites is 1. The summed E-state index contributed by atoms with van der Waals surface area (Å²) in [6, 6.07) is 17.7. The van der Waals surface area contributed by atoms with Crippen molar-refractivity contribution in [2.75, 3.05) is 7.11 Å². The van der Waals surface area contributed by atoms with Crippen LogP contribution < -0.4 is 0 Å². The van der Waals surface area contributed by atoms with Crippen molar-refractivity contribution in [3.63, 3.8) is 0 Å². The Labute approximate surface area is 173 Å². The van der Waals surface area contributed by atoms with Crippen molar-refractivity contribution in [1.29, 1.82) is 0 Å². The number of esters is 1. The minimum absolute atomic E-state index is 0.405. The molecular formula is C23H20N2O3S. The second-order valence-corrected chi connectivity index (χ2v) is 7.52. The van der Waals surface area contributed by atoms with Gasteiger partial charge in [-0.1, -0.05) is 60.3 Å². The van der Waals surface area contributed by atoms with Crippen molar-refractivity contribution in [3.05, 3.63) is 77.3 Å². The Morgan fingerprint density at radius 2 is 1.76 bits per heavy atom. The highest BCUT2D eigenvalue weighted by atomic mass is 32.2. The number of carbonyl (C=O) groups is 1. The molecule has 0 atom stereocenters. The van der Waals surface area contributed by atoms with E-state index in [1.54, 1.807) is 0 Å². The molecule has 0 spiro atoms. The first-order valence-electron chi connectivity index (χ1n) is 9.20. The van der Waals surface area contributed by atoms with Gasteiger partial charge in [-0.15, -0.1) is 0 Å². The zero-order valence-electron chi connectivity index (χ0n) is 16.4. The van der Waals surface area contributed by atoms with Crippen LogP contribution >= 0.6 is 11.8 Å². The number of pyridine rings is 1. The summed E-state index contributed by atoms with van der Waals surface area (Å²) in [7, 11) is 1.39. The Bertz CT molecular complexity index is 1170. The van der Waals surface area contributed by atoms with Crippen molar-refractivity contribution in [1.82, 2.24) is 9.97 Å². The maximum absolute atomic E-state index is 12.8. The molecule has 0 aliphatic rings. The first-order chi connectivity index (χ1) is 14.1. The van der Waals surface area contributed by atoms with Crippen LogP contribution in [-0.2, 0) is 10.5 Å². The predicted octanol–water partition coefficient (Wildman–Crippen LogP) is 5.59. The molecule has 4 aromatic rings. The Hall–Kier alpha value is -3.12. The molecule has 0 N–H and O–H groups in total. The normalized spacial score (nSPS) is 11.0. The lowest BCUT2D eigenvalue weighted by Crippen LogP contribution is -2.10. The van der Waals surface area contributed by atoms with E-state index in [1.807, 2.05) is 68.4 Å². The number of rotatable bonds is 5. The number of methoxy groups -OCH3 is 1. The third-order valence-corrected chi connectivity index (χ3v) is 5.60. The fraction of sp³-hybridized carbons (Fsp3) is 0.174. The third-order valence-electron chi connectivity index (χ3n) is 4.76. The van der Waals surface area contributed by atoms with Crippen LogP contribution in [-0.4, -0.2) is 23.0 Å².